The fourth-order valence-corrected chi connectivity index (χ4v) is 1.51. The van der Waals surface area contributed by atoms with Gasteiger partial charge in [-0.1, -0.05) is 12.2 Å². The van der Waals surface area contributed by atoms with E-state index in [9.17, 15) is 0 Å². The lowest BCUT2D eigenvalue weighted by Crippen LogP contribution is -2.05. The quantitative estimate of drug-likeness (QED) is 0.428. The van der Waals surface area contributed by atoms with Crippen molar-refractivity contribution in [2.45, 2.75) is 18.9 Å². The lowest BCUT2D eigenvalue weighted by atomic mass is 10.0. The van der Waals surface area contributed by atoms with Crippen molar-refractivity contribution >= 4 is 0 Å². The Morgan fingerprint density at radius 1 is 1.50 bits per heavy atom. The summed E-state index contributed by atoms with van der Waals surface area (Å²) in [4.78, 5) is 0. The third-order valence-corrected chi connectivity index (χ3v) is 2.03. The molecule has 0 N–H and O–H groups in total. The van der Waals surface area contributed by atoms with Gasteiger partial charge in [-0.15, -0.1) is 0 Å². The van der Waals surface area contributed by atoms with E-state index in [4.69, 9.17) is 4.74 Å². The highest BCUT2D eigenvalue weighted by Crippen LogP contribution is 2.29. The summed E-state index contributed by atoms with van der Waals surface area (Å²) >= 11 is 0. The maximum absolute atomic E-state index is 5.39. The Hall–Kier alpha value is -0.300. The van der Waals surface area contributed by atoms with E-state index in [0.717, 1.165) is 12.5 Å². The minimum atomic E-state index is 0.495. The SMILES string of the molecule is C1=C[C@H]2OCC[C@H]2C1. The third kappa shape index (κ3) is 0.511. The average Bonchev–Trinajstić information content (AvgIpc) is 2.15. The maximum atomic E-state index is 5.39. The molecule has 0 amide bonds. The second-order valence-electron chi connectivity index (χ2n) is 2.55. The van der Waals surface area contributed by atoms with Gasteiger partial charge in [-0.05, 0) is 18.8 Å². The summed E-state index contributed by atoms with van der Waals surface area (Å²) in [6.45, 7) is 0.986. The topological polar surface area (TPSA) is 9.23 Å². The fourth-order valence-electron chi connectivity index (χ4n) is 1.51. The molecule has 0 spiro atoms. The molecule has 0 saturated carbocycles. The monoisotopic (exact) mass is 110 g/mol. The Balaban J connectivity index is 2.13. The molecule has 0 unspecified atom stereocenters. The van der Waals surface area contributed by atoms with Crippen molar-refractivity contribution in [1.82, 2.24) is 0 Å². The molecule has 0 radical (unpaired) electrons. The van der Waals surface area contributed by atoms with Crippen LogP contribution in [0.2, 0.25) is 0 Å². The van der Waals surface area contributed by atoms with Gasteiger partial charge in [-0.3, -0.25) is 0 Å². The van der Waals surface area contributed by atoms with E-state index in [-0.39, 0.29) is 0 Å². The van der Waals surface area contributed by atoms with Gasteiger partial charge in [0, 0.05) is 6.61 Å². The van der Waals surface area contributed by atoms with Gasteiger partial charge >= 0.3 is 0 Å². The largest absolute Gasteiger partial charge is 0.374 e. The fraction of sp³-hybridized carbons (Fsp3) is 0.714. The molecule has 1 aliphatic carbocycles. The highest BCUT2D eigenvalue weighted by molar-refractivity contribution is 5.04. The van der Waals surface area contributed by atoms with Crippen LogP contribution in [0.25, 0.3) is 0 Å². The van der Waals surface area contributed by atoms with Crippen LogP contribution >= 0.6 is 0 Å². The van der Waals surface area contributed by atoms with Gasteiger partial charge in [-0.25, -0.2) is 0 Å². The molecule has 44 valence electrons. The summed E-state index contributed by atoms with van der Waals surface area (Å²) in [5.41, 5.74) is 0. The van der Waals surface area contributed by atoms with E-state index in [1.165, 1.54) is 12.8 Å². The Bertz CT molecular complexity index is 118. The molecule has 0 aromatic rings. The average molecular weight is 110 g/mol. The molecule has 2 atom stereocenters. The molecule has 0 bridgehead atoms. The van der Waals surface area contributed by atoms with Crippen LogP contribution in [0.5, 0.6) is 0 Å². The van der Waals surface area contributed by atoms with Crippen molar-refractivity contribution in [3.63, 3.8) is 0 Å². The number of allylic oxidation sites excluding steroid dienone is 1. The van der Waals surface area contributed by atoms with Gasteiger partial charge < -0.3 is 4.74 Å². The number of fused-ring (bicyclic) bond motifs is 1. The lowest BCUT2D eigenvalue weighted by Gasteiger charge is -2.03. The maximum Gasteiger partial charge on any atom is 0.0787 e. The summed E-state index contributed by atoms with van der Waals surface area (Å²) in [7, 11) is 0. The van der Waals surface area contributed by atoms with Crippen LogP contribution in [0.3, 0.4) is 0 Å². The first-order valence-corrected chi connectivity index (χ1v) is 3.25. The smallest absolute Gasteiger partial charge is 0.0787 e. The molecule has 2 rings (SSSR count). The molecule has 1 heteroatoms. The lowest BCUT2D eigenvalue weighted by molar-refractivity contribution is 0.134. The van der Waals surface area contributed by atoms with Crippen molar-refractivity contribution in [2.24, 2.45) is 5.92 Å². The number of hydrogen-bond donors (Lipinski definition) is 0. The Morgan fingerprint density at radius 2 is 2.50 bits per heavy atom. The van der Waals surface area contributed by atoms with E-state index in [1.807, 2.05) is 0 Å². The van der Waals surface area contributed by atoms with Gasteiger partial charge in [0.05, 0.1) is 6.10 Å². The van der Waals surface area contributed by atoms with E-state index in [2.05, 4.69) is 12.2 Å². The molecule has 0 aromatic carbocycles. The first-order chi connectivity index (χ1) is 3.97. The predicted octanol–water partition coefficient (Wildman–Crippen LogP) is 1.35. The molecule has 1 aliphatic heterocycles. The summed E-state index contributed by atoms with van der Waals surface area (Å²) in [6.07, 6.45) is 7.45. The van der Waals surface area contributed by atoms with Crippen molar-refractivity contribution in [2.75, 3.05) is 6.61 Å². The van der Waals surface area contributed by atoms with E-state index in [1.54, 1.807) is 0 Å². The molecule has 1 fully saturated rings. The predicted molar refractivity (Wildman–Crippen MR) is 31.6 cm³/mol. The summed E-state index contributed by atoms with van der Waals surface area (Å²) in [5, 5.41) is 0. The molecule has 1 saturated heterocycles. The summed E-state index contributed by atoms with van der Waals surface area (Å²) < 4.78 is 5.39. The first kappa shape index (κ1) is 4.57. The Morgan fingerprint density at radius 3 is 3.38 bits per heavy atom. The van der Waals surface area contributed by atoms with Crippen LogP contribution in [0.1, 0.15) is 12.8 Å². The molecule has 0 aromatic heterocycles. The number of rotatable bonds is 0. The second kappa shape index (κ2) is 1.59. The highest BCUT2D eigenvalue weighted by Gasteiger charge is 2.27. The molecule has 1 nitrogen and oxygen atoms in total. The van der Waals surface area contributed by atoms with Crippen LogP contribution in [-0.2, 0) is 4.74 Å². The van der Waals surface area contributed by atoms with Crippen LogP contribution in [-0.4, -0.2) is 12.7 Å². The molecular weight excluding hydrogens is 100 g/mol. The number of ether oxygens (including phenoxy) is 1. The van der Waals surface area contributed by atoms with Crippen molar-refractivity contribution in [1.29, 1.82) is 0 Å². The van der Waals surface area contributed by atoms with Gasteiger partial charge in [-0.2, -0.15) is 0 Å². The van der Waals surface area contributed by atoms with Gasteiger partial charge in [0.2, 0.25) is 0 Å². The molecule has 8 heavy (non-hydrogen) atoms. The first-order valence-electron chi connectivity index (χ1n) is 3.25. The van der Waals surface area contributed by atoms with E-state index >= 15 is 0 Å². The highest BCUT2D eigenvalue weighted by atomic mass is 16.5. The normalized spacial score (nSPS) is 43.0. The number of hydrogen-bond acceptors (Lipinski definition) is 1. The molecule has 2 aliphatic rings. The summed E-state index contributed by atoms with van der Waals surface area (Å²) in [5.74, 6) is 0.843. The van der Waals surface area contributed by atoms with Crippen LogP contribution in [0.15, 0.2) is 12.2 Å². The second-order valence-corrected chi connectivity index (χ2v) is 2.55. The van der Waals surface area contributed by atoms with Crippen LogP contribution < -0.4 is 0 Å². The summed E-state index contributed by atoms with van der Waals surface area (Å²) in [6, 6.07) is 0. The zero-order chi connectivity index (χ0) is 5.40. The Labute approximate surface area is 49.3 Å². The van der Waals surface area contributed by atoms with Crippen molar-refractivity contribution in [3.8, 4) is 0 Å². The van der Waals surface area contributed by atoms with Crippen molar-refractivity contribution in [3.05, 3.63) is 12.2 Å². The van der Waals surface area contributed by atoms with Gasteiger partial charge in [0.25, 0.3) is 0 Å². The minimum absolute atomic E-state index is 0.495. The Kier molecular flexibility index (Phi) is 0.908. The zero-order valence-corrected chi connectivity index (χ0v) is 4.84. The van der Waals surface area contributed by atoms with Crippen LogP contribution in [0.4, 0.5) is 0 Å². The molecular formula is C7H10O. The van der Waals surface area contributed by atoms with E-state index in [0.29, 0.717) is 6.10 Å². The molecule has 1 heterocycles. The minimum Gasteiger partial charge on any atom is -0.374 e. The van der Waals surface area contributed by atoms with E-state index < -0.39 is 0 Å². The standard InChI is InChI=1S/C7H10O/c1-2-6-4-5-8-7(6)3-1/h1,3,6-7H,2,4-5H2/t6-,7-/m1/s1. The zero-order valence-electron chi connectivity index (χ0n) is 4.84. The van der Waals surface area contributed by atoms with Crippen molar-refractivity contribution < 1.29 is 4.74 Å². The van der Waals surface area contributed by atoms with Crippen LogP contribution in [0, 0.1) is 5.92 Å². The van der Waals surface area contributed by atoms with Gasteiger partial charge in [0.15, 0.2) is 0 Å². The third-order valence-electron chi connectivity index (χ3n) is 2.03. The van der Waals surface area contributed by atoms with Gasteiger partial charge in [0.1, 0.15) is 0 Å².